The van der Waals surface area contributed by atoms with Crippen molar-refractivity contribution >= 4 is 37.0 Å². The van der Waals surface area contributed by atoms with Crippen molar-refractivity contribution in [1.82, 2.24) is 19.4 Å². The van der Waals surface area contributed by atoms with Gasteiger partial charge in [-0.15, -0.1) is 0 Å². The fourth-order valence-electron chi connectivity index (χ4n) is 4.51. The van der Waals surface area contributed by atoms with Crippen LogP contribution in [0.25, 0.3) is 11.0 Å². The third-order valence-corrected chi connectivity index (χ3v) is 8.48. The molecule has 3 heterocycles. The molecule has 2 atom stereocenters. The highest BCUT2D eigenvalue weighted by atomic mass is 28.3. The number of carbonyl (C=O) groups is 2. The number of likely N-dealkylation sites (tertiary alicyclic amines) is 1. The van der Waals surface area contributed by atoms with E-state index in [1.54, 1.807) is 15.7 Å². The first-order valence-electron chi connectivity index (χ1n) is 13.0. The molecule has 0 spiro atoms. The first kappa shape index (κ1) is 27.6. The summed E-state index contributed by atoms with van der Waals surface area (Å²) in [5.74, 6) is -0.623. The fourth-order valence-corrected chi connectivity index (χ4v) is 5.27. The lowest BCUT2D eigenvalue weighted by Gasteiger charge is -2.37. The first-order valence-corrected chi connectivity index (χ1v) is 16.7. The van der Waals surface area contributed by atoms with E-state index in [1.807, 2.05) is 37.3 Å². The third kappa shape index (κ3) is 6.90. The predicted molar refractivity (Wildman–Crippen MR) is 148 cm³/mol. The summed E-state index contributed by atoms with van der Waals surface area (Å²) in [4.78, 5) is 35.5. The van der Waals surface area contributed by atoms with E-state index >= 15 is 0 Å². The SMILES string of the molecule is C[C@H]1CC[C@@H](Nc2ncnc3c2c(C(=O)O)cn3COCC[Si](C)(C)C)CN1C(=O)OCc1ccccc1. The van der Waals surface area contributed by atoms with Crippen LogP contribution in [0.4, 0.5) is 10.6 Å². The molecule has 10 nitrogen and oxygen atoms in total. The van der Waals surface area contributed by atoms with Crippen molar-refractivity contribution in [3.8, 4) is 0 Å². The Hall–Kier alpha value is -3.44. The Labute approximate surface area is 224 Å². The summed E-state index contributed by atoms with van der Waals surface area (Å²) in [6.45, 7) is 10.3. The normalized spacial score (nSPS) is 17.9. The number of piperidine rings is 1. The largest absolute Gasteiger partial charge is 0.478 e. The van der Waals surface area contributed by atoms with E-state index in [1.165, 1.54) is 6.33 Å². The minimum absolute atomic E-state index is 0.0331. The Kier molecular flexibility index (Phi) is 8.68. The second-order valence-corrected chi connectivity index (χ2v) is 16.7. The number of anilines is 1. The maximum atomic E-state index is 12.9. The second kappa shape index (κ2) is 12.0. The maximum absolute atomic E-state index is 12.9. The number of carboxylic acid groups (broad SMARTS) is 1. The van der Waals surface area contributed by atoms with E-state index in [2.05, 4.69) is 34.9 Å². The molecular weight excluding hydrogens is 502 g/mol. The molecule has 11 heteroatoms. The lowest BCUT2D eigenvalue weighted by molar-refractivity contribution is 0.0689. The third-order valence-electron chi connectivity index (χ3n) is 6.77. The molecule has 1 aliphatic heterocycles. The average molecular weight is 540 g/mol. The van der Waals surface area contributed by atoms with Crippen LogP contribution in [-0.4, -0.2) is 69.9 Å². The van der Waals surface area contributed by atoms with Gasteiger partial charge in [0.1, 0.15) is 31.1 Å². The number of nitrogens with zero attached hydrogens (tertiary/aromatic N) is 4. The number of amides is 1. The van der Waals surface area contributed by atoms with Crippen LogP contribution in [0.15, 0.2) is 42.9 Å². The Morgan fingerprint density at radius 1 is 1.16 bits per heavy atom. The Morgan fingerprint density at radius 3 is 2.63 bits per heavy atom. The van der Waals surface area contributed by atoms with E-state index in [0.717, 1.165) is 24.4 Å². The number of aromatic carboxylic acids is 1. The molecule has 0 bridgehead atoms. The number of hydrogen-bond acceptors (Lipinski definition) is 7. The van der Waals surface area contributed by atoms with Crippen molar-refractivity contribution in [2.24, 2.45) is 0 Å². The van der Waals surface area contributed by atoms with Gasteiger partial charge in [-0.2, -0.15) is 0 Å². The van der Waals surface area contributed by atoms with Crippen molar-refractivity contribution in [2.75, 3.05) is 18.5 Å². The molecule has 0 unspecified atom stereocenters. The van der Waals surface area contributed by atoms with Crippen molar-refractivity contribution in [2.45, 2.75) is 70.9 Å². The highest BCUT2D eigenvalue weighted by Crippen LogP contribution is 2.29. The summed E-state index contributed by atoms with van der Waals surface area (Å²) in [7, 11) is -1.24. The average Bonchev–Trinajstić information content (AvgIpc) is 3.26. The predicted octanol–water partition coefficient (Wildman–Crippen LogP) is 5.04. The number of ether oxygens (including phenoxy) is 2. The molecule has 1 saturated heterocycles. The Bertz CT molecular complexity index is 1260. The molecule has 1 amide bonds. The van der Waals surface area contributed by atoms with Crippen molar-refractivity contribution in [3.05, 3.63) is 54.0 Å². The van der Waals surface area contributed by atoms with Gasteiger partial charge in [-0.1, -0.05) is 50.0 Å². The van der Waals surface area contributed by atoms with Crippen LogP contribution < -0.4 is 5.32 Å². The molecule has 204 valence electrons. The minimum atomic E-state index is -1.24. The molecule has 4 rings (SSSR count). The standard InChI is InChI=1S/C27H37N5O5Si/c1-19-10-11-21(14-32(19)27(35)37-16-20-8-6-5-7-9-20)30-24-23-22(26(33)34)15-31(25(23)29-17-28-24)18-36-12-13-38(2,3)4/h5-9,15,17,19,21H,10-14,16,18H2,1-4H3,(H,33,34)(H,28,29,30)/t19-,21+/m0/s1. The van der Waals surface area contributed by atoms with Gasteiger partial charge in [0.05, 0.1) is 10.9 Å². The molecule has 1 aromatic carbocycles. The summed E-state index contributed by atoms with van der Waals surface area (Å²) < 4.78 is 13.1. The van der Waals surface area contributed by atoms with E-state index in [9.17, 15) is 14.7 Å². The number of carbonyl (C=O) groups excluding carboxylic acids is 1. The van der Waals surface area contributed by atoms with Gasteiger partial charge in [0.25, 0.3) is 0 Å². The van der Waals surface area contributed by atoms with Gasteiger partial charge in [-0.05, 0) is 31.4 Å². The highest BCUT2D eigenvalue weighted by Gasteiger charge is 2.31. The topological polar surface area (TPSA) is 119 Å². The van der Waals surface area contributed by atoms with E-state index < -0.39 is 14.0 Å². The van der Waals surface area contributed by atoms with Crippen LogP contribution in [0, 0.1) is 0 Å². The quantitative estimate of drug-likeness (QED) is 0.272. The summed E-state index contributed by atoms with van der Waals surface area (Å²) >= 11 is 0. The second-order valence-electron chi connectivity index (χ2n) is 11.0. The monoisotopic (exact) mass is 539 g/mol. The van der Waals surface area contributed by atoms with Gasteiger partial charge >= 0.3 is 12.1 Å². The number of hydrogen-bond donors (Lipinski definition) is 2. The smallest absolute Gasteiger partial charge is 0.410 e. The number of rotatable bonds is 10. The molecule has 2 N–H and O–H groups in total. The zero-order valence-electron chi connectivity index (χ0n) is 22.5. The number of fused-ring (bicyclic) bond motifs is 1. The highest BCUT2D eigenvalue weighted by molar-refractivity contribution is 6.76. The van der Waals surface area contributed by atoms with Crippen LogP contribution in [0.2, 0.25) is 25.7 Å². The van der Waals surface area contributed by atoms with Gasteiger partial charge in [0.2, 0.25) is 0 Å². The number of carboxylic acids is 1. The van der Waals surface area contributed by atoms with Crippen molar-refractivity contribution in [1.29, 1.82) is 0 Å². The number of aromatic nitrogens is 3. The Balaban J connectivity index is 1.47. The van der Waals surface area contributed by atoms with Crippen LogP contribution in [0.5, 0.6) is 0 Å². The molecule has 1 aliphatic rings. The zero-order chi connectivity index (χ0) is 27.3. The molecule has 0 radical (unpaired) electrons. The minimum Gasteiger partial charge on any atom is -0.478 e. The van der Waals surface area contributed by atoms with Gasteiger partial charge in [-0.3, -0.25) is 0 Å². The summed E-state index contributed by atoms with van der Waals surface area (Å²) in [5.41, 5.74) is 1.54. The van der Waals surface area contributed by atoms with Crippen molar-refractivity contribution < 1.29 is 24.2 Å². The van der Waals surface area contributed by atoms with Gasteiger partial charge in [0.15, 0.2) is 0 Å². The van der Waals surface area contributed by atoms with Crippen LogP contribution >= 0.6 is 0 Å². The van der Waals surface area contributed by atoms with Crippen molar-refractivity contribution in [3.63, 3.8) is 0 Å². The van der Waals surface area contributed by atoms with E-state index in [4.69, 9.17) is 9.47 Å². The lowest BCUT2D eigenvalue weighted by Crippen LogP contribution is -2.49. The molecule has 2 aromatic heterocycles. The summed E-state index contributed by atoms with van der Waals surface area (Å²) in [5, 5.41) is 13.7. The van der Waals surface area contributed by atoms with Gasteiger partial charge in [0, 0.05) is 39.5 Å². The molecule has 3 aromatic rings. The van der Waals surface area contributed by atoms with Gasteiger partial charge < -0.3 is 29.4 Å². The van der Waals surface area contributed by atoms with E-state index in [0.29, 0.717) is 30.0 Å². The number of nitrogens with one attached hydrogen (secondary N) is 1. The molecular formula is C27H37N5O5Si. The Morgan fingerprint density at radius 2 is 1.92 bits per heavy atom. The lowest BCUT2D eigenvalue weighted by atomic mass is 9.99. The summed E-state index contributed by atoms with van der Waals surface area (Å²) in [6, 6.07) is 10.5. The van der Waals surface area contributed by atoms with Crippen LogP contribution in [-0.2, 0) is 22.8 Å². The zero-order valence-corrected chi connectivity index (χ0v) is 23.5. The first-order chi connectivity index (χ1) is 18.1. The van der Waals surface area contributed by atoms with Crippen LogP contribution in [0.3, 0.4) is 0 Å². The maximum Gasteiger partial charge on any atom is 0.410 e. The molecule has 1 fully saturated rings. The molecule has 0 aliphatic carbocycles. The van der Waals surface area contributed by atoms with Crippen LogP contribution in [0.1, 0.15) is 35.7 Å². The van der Waals surface area contributed by atoms with Gasteiger partial charge in [-0.25, -0.2) is 19.6 Å². The molecule has 0 saturated carbocycles. The fraction of sp³-hybridized carbons (Fsp3) is 0.481. The van der Waals surface area contributed by atoms with E-state index in [-0.39, 0.29) is 37.1 Å². The summed E-state index contributed by atoms with van der Waals surface area (Å²) in [6.07, 6.45) is 4.19. The number of benzene rings is 1. The molecule has 38 heavy (non-hydrogen) atoms.